The molecular formula is C39H46N8O5. The van der Waals surface area contributed by atoms with E-state index in [4.69, 9.17) is 16.3 Å². The van der Waals surface area contributed by atoms with Crippen LogP contribution in [0.1, 0.15) is 23.6 Å². The first-order valence-electron chi connectivity index (χ1n) is 17.7. The number of piperazine rings is 1. The van der Waals surface area contributed by atoms with E-state index in [1.807, 2.05) is 71.5 Å². The minimum Gasteiger partial charge on any atom is -0.508 e. The second-order valence-electron chi connectivity index (χ2n) is 13.0. The van der Waals surface area contributed by atoms with Gasteiger partial charge in [-0.2, -0.15) is 10.1 Å². The molecule has 3 fully saturated rings. The van der Waals surface area contributed by atoms with E-state index in [2.05, 4.69) is 28.2 Å². The van der Waals surface area contributed by atoms with Crippen molar-refractivity contribution < 1.29 is 24.2 Å². The van der Waals surface area contributed by atoms with Crippen LogP contribution in [0.25, 0.3) is 10.9 Å². The number of terminal acetylenes is 1. The zero-order chi connectivity index (χ0) is 36.5. The van der Waals surface area contributed by atoms with Crippen molar-refractivity contribution in [3.8, 4) is 18.1 Å². The number of urea groups is 1. The van der Waals surface area contributed by atoms with Crippen LogP contribution in [-0.2, 0) is 40.4 Å². The van der Waals surface area contributed by atoms with Gasteiger partial charge in [0.05, 0.1) is 51.1 Å². The van der Waals surface area contributed by atoms with Crippen molar-refractivity contribution >= 4 is 28.7 Å². The highest BCUT2D eigenvalue weighted by Crippen LogP contribution is 2.26. The van der Waals surface area contributed by atoms with Crippen molar-refractivity contribution in [2.24, 2.45) is 0 Å². The molecule has 272 valence electrons. The molecule has 4 aromatic rings. The number of hydrazine groups is 1. The summed E-state index contributed by atoms with van der Waals surface area (Å²) >= 11 is 0. The molecule has 7 rings (SSSR count). The number of rotatable bonds is 9. The molecule has 0 aliphatic carbocycles. The predicted octanol–water partition coefficient (Wildman–Crippen LogP) is 2.90. The van der Waals surface area contributed by atoms with Crippen molar-refractivity contribution in [3.05, 3.63) is 95.7 Å². The number of ether oxygens (including phenoxy) is 1. The van der Waals surface area contributed by atoms with Crippen molar-refractivity contribution in [2.75, 3.05) is 59.0 Å². The van der Waals surface area contributed by atoms with Crippen LogP contribution < -0.4 is 5.32 Å². The highest BCUT2D eigenvalue weighted by Gasteiger charge is 2.46. The lowest BCUT2D eigenvalue weighted by atomic mass is 10.1. The van der Waals surface area contributed by atoms with Gasteiger partial charge in [-0.25, -0.2) is 9.80 Å². The summed E-state index contributed by atoms with van der Waals surface area (Å²) in [5.41, 5.74) is 4.17. The maximum absolute atomic E-state index is 13.6. The number of nitrogens with zero attached hydrogens (tertiary/aromatic N) is 7. The lowest BCUT2D eigenvalue weighted by Gasteiger charge is -2.52. The lowest BCUT2D eigenvalue weighted by molar-refractivity contribution is -0.180. The molecule has 0 saturated carbocycles. The number of fused-ring (bicyclic) bond motifs is 2. The van der Waals surface area contributed by atoms with E-state index in [0.717, 1.165) is 67.8 Å². The number of carbonyl (C=O) groups is 3. The van der Waals surface area contributed by atoms with Crippen LogP contribution in [0.15, 0.2) is 79.0 Å². The average Bonchev–Trinajstić information content (AvgIpc) is 3.59. The Bertz CT molecular complexity index is 1870. The summed E-state index contributed by atoms with van der Waals surface area (Å²) < 4.78 is 7.46. The molecule has 4 heterocycles. The Morgan fingerprint density at radius 1 is 0.962 bits per heavy atom. The number of aromatic nitrogens is 2. The van der Waals surface area contributed by atoms with E-state index < -0.39 is 6.17 Å². The van der Waals surface area contributed by atoms with Gasteiger partial charge in [-0.15, -0.1) is 6.42 Å². The number of aromatic hydroxyl groups is 1. The summed E-state index contributed by atoms with van der Waals surface area (Å²) in [6.07, 6.45) is 7.81. The molecule has 0 radical (unpaired) electrons. The minimum atomic E-state index is -0.682. The average molecular weight is 707 g/mol. The molecule has 4 amide bonds. The Morgan fingerprint density at radius 3 is 2.46 bits per heavy atom. The number of morpholine rings is 1. The Kier molecular flexibility index (Phi) is 12.0. The molecule has 0 spiro atoms. The van der Waals surface area contributed by atoms with Gasteiger partial charge in [-0.1, -0.05) is 67.4 Å². The Labute approximate surface area is 304 Å². The smallest absolute Gasteiger partial charge is 0.334 e. The second kappa shape index (κ2) is 17.2. The molecule has 13 heteroatoms. The third-order valence-corrected chi connectivity index (χ3v) is 9.61. The summed E-state index contributed by atoms with van der Waals surface area (Å²) in [5, 5.41) is 20.5. The van der Waals surface area contributed by atoms with Crippen molar-refractivity contribution in [1.29, 1.82) is 0 Å². The molecule has 1 atom stereocenters. The summed E-state index contributed by atoms with van der Waals surface area (Å²) in [5.74, 6) is 2.50. The SMILES string of the molecule is C#CCN1CC(=O)N2CC(=O)N(Cc3cccc4c3cnn4CCN3CCOCC3)CC2N1C(=O)NCc1ccccc1.CCc1ccc(O)cc1. The van der Waals surface area contributed by atoms with Crippen LogP contribution in [-0.4, -0.2) is 123 Å². The van der Waals surface area contributed by atoms with Gasteiger partial charge in [0.2, 0.25) is 11.8 Å². The largest absolute Gasteiger partial charge is 0.508 e. The number of nitrogens with one attached hydrogen (secondary N) is 1. The van der Waals surface area contributed by atoms with Crippen LogP contribution in [0.3, 0.4) is 0 Å². The molecule has 1 aromatic heterocycles. The van der Waals surface area contributed by atoms with E-state index in [0.29, 0.717) is 18.8 Å². The van der Waals surface area contributed by atoms with Gasteiger partial charge in [-0.05, 0) is 41.3 Å². The van der Waals surface area contributed by atoms with Gasteiger partial charge in [0.15, 0.2) is 0 Å². The minimum absolute atomic E-state index is 0.0737. The number of phenolic OH excluding ortho intramolecular Hbond substituents is 1. The zero-order valence-electron chi connectivity index (χ0n) is 29.6. The Balaban J connectivity index is 0.000000451. The second-order valence-corrected chi connectivity index (χ2v) is 13.0. The number of benzene rings is 3. The quantitative estimate of drug-likeness (QED) is 0.255. The van der Waals surface area contributed by atoms with E-state index in [9.17, 15) is 14.4 Å². The van der Waals surface area contributed by atoms with Gasteiger partial charge >= 0.3 is 6.03 Å². The van der Waals surface area contributed by atoms with E-state index in [-0.39, 0.29) is 44.0 Å². The number of phenols is 1. The van der Waals surface area contributed by atoms with Crippen LogP contribution in [0.2, 0.25) is 0 Å². The molecule has 0 bridgehead atoms. The third-order valence-electron chi connectivity index (χ3n) is 9.61. The van der Waals surface area contributed by atoms with E-state index >= 15 is 0 Å². The third kappa shape index (κ3) is 8.71. The maximum Gasteiger partial charge on any atom is 0.334 e. The van der Waals surface area contributed by atoms with Crippen LogP contribution in [0.5, 0.6) is 5.75 Å². The molecule has 13 nitrogen and oxygen atoms in total. The van der Waals surface area contributed by atoms with Crippen molar-refractivity contribution in [2.45, 2.75) is 39.1 Å². The molecule has 1 unspecified atom stereocenters. The number of carbonyl (C=O) groups excluding carboxylic acids is 3. The summed E-state index contributed by atoms with van der Waals surface area (Å²) in [6, 6.07) is 22.5. The number of hydrogen-bond donors (Lipinski definition) is 2. The van der Waals surface area contributed by atoms with E-state index in [1.54, 1.807) is 22.0 Å². The van der Waals surface area contributed by atoms with Gasteiger partial charge in [-0.3, -0.25) is 19.2 Å². The number of hydrogen-bond acceptors (Lipinski definition) is 8. The normalized spacial score (nSPS) is 18.1. The van der Waals surface area contributed by atoms with E-state index in [1.165, 1.54) is 15.5 Å². The first-order chi connectivity index (χ1) is 25.3. The Morgan fingerprint density at radius 2 is 1.73 bits per heavy atom. The van der Waals surface area contributed by atoms with Crippen LogP contribution >= 0.6 is 0 Å². The molecule has 3 saturated heterocycles. The number of amides is 4. The first kappa shape index (κ1) is 36.4. The van der Waals surface area contributed by atoms with Crippen molar-refractivity contribution in [1.82, 2.24) is 39.8 Å². The highest BCUT2D eigenvalue weighted by molar-refractivity contribution is 5.90. The lowest BCUT2D eigenvalue weighted by Crippen LogP contribution is -2.73. The van der Waals surface area contributed by atoms with Gasteiger partial charge in [0.25, 0.3) is 0 Å². The fourth-order valence-electron chi connectivity index (χ4n) is 6.71. The van der Waals surface area contributed by atoms with Crippen LogP contribution in [0.4, 0.5) is 4.79 Å². The molecule has 52 heavy (non-hydrogen) atoms. The fourth-order valence-corrected chi connectivity index (χ4v) is 6.71. The molecule has 3 aromatic carbocycles. The molecule has 2 N–H and O–H groups in total. The fraction of sp³-hybridized carbons (Fsp3) is 0.385. The summed E-state index contributed by atoms with van der Waals surface area (Å²) in [7, 11) is 0. The summed E-state index contributed by atoms with van der Waals surface area (Å²) in [6.45, 7) is 7.80. The molecule has 3 aliphatic heterocycles. The summed E-state index contributed by atoms with van der Waals surface area (Å²) in [4.78, 5) is 45.6. The van der Waals surface area contributed by atoms with Crippen molar-refractivity contribution in [3.63, 3.8) is 0 Å². The maximum atomic E-state index is 13.6. The number of aryl methyl sites for hydroxylation is 1. The van der Waals surface area contributed by atoms with Gasteiger partial charge in [0, 0.05) is 38.1 Å². The zero-order valence-corrected chi connectivity index (χ0v) is 29.6. The van der Waals surface area contributed by atoms with Gasteiger partial charge < -0.3 is 25.0 Å². The predicted molar refractivity (Wildman–Crippen MR) is 196 cm³/mol. The molecule has 3 aliphatic rings. The molecular weight excluding hydrogens is 660 g/mol. The van der Waals surface area contributed by atoms with Crippen LogP contribution in [0, 0.1) is 12.3 Å². The standard InChI is InChI=1S/C31H36N8O4.C8H10O/c1-2-11-36-22-30(41)37-23-29(40)35(21-28(37)39(36)31(42)32-18-24-7-4-3-5-8-24)20-25-9-6-10-27-26(25)19-33-38(27)13-12-34-14-16-43-17-15-34;1-2-7-3-5-8(9)6-4-7/h1,3-10,19,28H,11-18,20-23H2,(H,32,42);3-6,9H,2H2,1H3. The monoisotopic (exact) mass is 706 g/mol. The first-order valence-corrected chi connectivity index (χ1v) is 17.7. The van der Waals surface area contributed by atoms with Gasteiger partial charge in [0.1, 0.15) is 18.5 Å². The topological polar surface area (TPSA) is 127 Å². The highest BCUT2D eigenvalue weighted by atomic mass is 16.5. The Hall–Kier alpha value is -5.42.